The molecule has 0 spiro atoms. The SMILES string of the molecule is O=C(NCc1ccc(F)cc1)N1CCCN(c2nc3ccccc3n3cccc23)CC1. The van der Waals surface area contributed by atoms with Crippen LogP contribution in [0, 0.1) is 5.82 Å². The van der Waals surface area contributed by atoms with E-state index >= 15 is 0 Å². The summed E-state index contributed by atoms with van der Waals surface area (Å²) in [5, 5.41) is 2.95. The first-order chi connectivity index (χ1) is 15.2. The monoisotopic (exact) mass is 417 g/mol. The van der Waals surface area contributed by atoms with Crippen LogP contribution in [-0.4, -0.2) is 46.5 Å². The minimum atomic E-state index is -0.276. The molecule has 4 aromatic rings. The Kier molecular flexibility index (Phi) is 5.16. The van der Waals surface area contributed by atoms with Gasteiger partial charge in [-0.15, -0.1) is 0 Å². The summed E-state index contributed by atoms with van der Waals surface area (Å²) in [6, 6.07) is 18.4. The Hall–Kier alpha value is -3.61. The molecule has 5 rings (SSSR count). The molecule has 158 valence electrons. The summed E-state index contributed by atoms with van der Waals surface area (Å²) >= 11 is 0. The number of carbonyl (C=O) groups excluding carboxylic acids is 1. The van der Waals surface area contributed by atoms with Crippen molar-refractivity contribution < 1.29 is 9.18 Å². The summed E-state index contributed by atoms with van der Waals surface area (Å²) in [5.41, 5.74) is 4.00. The molecule has 0 atom stereocenters. The van der Waals surface area contributed by atoms with Gasteiger partial charge in [0, 0.05) is 38.9 Å². The van der Waals surface area contributed by atoms with Crippen molar-refractivity contribution in [1.29, 1.82) is 0 Å². The second-order valence-corrected chi connectivity index (χ2v) is 7.80. The Balaban J connectivity index is 1.30. The van der Waals surface area contributed by atoms with Crippen molar-refractivity contribution in [1.82, 2.24) is 19.6 Å². The highest BCUT2D eigenvalue weighted by Gasteiger charge is 2.22. The normalized spacial score (nSPS) is 14.7. The fourth-order valence-corrected chi connectivity index (χ4v) is 4.16. The van der Waals surface area contributed by atoms with Crippen LogP contribution in [0.5, 0.6) is 0 Å². The van der Waals surface area contributed by atoms with Crippen molar-refractivity contribution in [3.05, 3.63) is 78.2 Å². The van der Waals surface area contributed by atoms with E-state index in [0.717, 1.165) is 47.4 Å². The van der Waals surface area contributed by atoms with Crippen LogP contribution in [0.3, 0.4) is 0 Å². The lowest BCUT2D eigenvalue weighted by Gasteiger charge is -2.24. The number of hydrogen-bond acceptors (Lipinski definition) is 3. The number of amides is 2. The molecule has 31 heavy (non-hydrogen) atoms. The number of aromatic nitrogens is 2. The van der Waals surface area contributed by atoms with E-state index in [1.807, 2.05) is 29.2 Å². The quantitative estimate of drug-likeness (QED) is 0.547. The second kappa shape index (κ2) is 8.26. The molecule has 6 nitrogen and oxygen atoms in total. The lowest BCUT2D eigenvalue weighted by molar-refractivity contribution is 0.201. The zero-order chi connectivity index (χ0) is 21.2. The van der Waals surface area contributed by atoms with Gasteiger partial charge >= 0.3 is 6.03 Å². The Morgan fingerprint density at radius 1 is 0.935 bits per heavy atom. The summed E-state index contributed by atoms with van der Waals surface area (Å²) in [4.78, 5) is 21.8. The van der Waals surface area contributed by atoms with Gasteiger partial charge in [0.15, 0.2) is 5.82 Å². The molecular formula is C24H24FN5O. The van der Waals surface area contributed by atoms with E-state index in [0.29, 0.717) is 19.6 Å². The van der Waals surface area contributed by atoms with Crippen LogP contribution in [0.25, 0.3) is 16.6 Å². The first kappa shape index (κ1) is 19.4. The number of nitrogens with one attached hydrogen (secondary N) is 1. The molecule has 0 saturated carbocycles. The van der Waals surface area contributed by atoms with E-state index in [1.54, 1.807) is 12.1 Å². The van der Waals surface area contributed by atoms with Crippen molar-refractivity contribution in [2.45, 2.75) is 13.0 Å². The van der Waals surface area contributed by atoms with Gasteiger partial charge in [0.2, 0.25) is 0 Å². The van der Waals surface area contributed by atoms with Crippen molar-refractivity contribution in [2.24, 2.45) is 0 Å². The molecule has 3 heterocycles. The zero-order valence-electron chi connectivity index (χ0n) is 17.2. The van der Waals surface area contributed by atoms with E-state index in [9.17, 15) is 9.18 Å². The molecule has 0 unspecified atom stereocenters. The zero-order valence-corrected chi connectivity index (χ0v) is 17.2. The minimum Gasteiger partial charge on any atom is -0.353 e. The highest BCUT2D eigenvalue weighted by Crippen LogP contribution is 2.26. The topological polar surface area (TPSA) is 52.9 Å². The third kappa shape index (κ3) is 3.91. The minimum absolute atomic E-state index is 0.0921. The lowest BCUT2D eigenvalue weighted by Crippen LogP contribution is -2.41. The molecule has 2 amide bonds. The van der Waals surface area contributed by atoms with E-state index in [2.05, 4.69) is 32.9 Å². The third-order valence-corrected chi connectivity index (χ3v) is 5.79. The molecule has 2 aromatic carbocycles. The van der Waals surface area contributed by atoms with Gasteiger partial charge in [-0.1, -0.05) is 24.3 Å². The average Bonchev–Trinajstić information content (AvgIpc) is 3.16. The van der Waals surface area contributed by atoms with E-state index in [1.165, 1.54) is 12.1 Å². The number of halogens is 1. The van der Waals surface area contributed by atoms with Crippen LogP contribution in [0.15, 0.2) is 66.9 Å². The third-order valence-electron chi connectivity index (χ3n) is 5.79. The van der Waals surface area contributed by atoms with Crippen molar-refractivity contribution in [3.63, 3.8) is 0 Å². The number of para-hydroxylation sites is 2. The maximum Gasteiger partial charge on any atom is 0.317 e. The van der Waals surface area contributed by atoms with Gasteiger partial charge in [0.05, 0.1) is 16.6 Å². The number of fused-ring (bicyclic) bond motifs is 3. The molecule has 1 aliphatic rings. The molecule has 0 bridgehead atoms. The maximum absolute atomic E-state index is 13.1. The van der Waals surface area contributed by atoms with Crippen LogP contribution >= 0.6 is 0 Å². The molecule has 1 saturated heterocycles. The second-order valence-electron chi connectivity index (χ2n) is 7.80. The number of hydrogen-bond donors (Lipinski definition) is 1. The predicted octanol–water partition coefficient (Wildman–Crippen LogP) is 4.05. The van der Waals surface area contributed by atoms with Crippen LogP contribution in [0.2, 0.25) is 0 Å². The Morgan fingerprint density at radius 3 is 2.61 bits per heavy atom. The molecule has 1 fully saturated rings. The van der Waals surface area contributed by atoms with Crippen LogP contribution in [-0.2, 0) is 6.54 Å². The smallest absolute Gasteiger partial charge is 0.317 e. The summed E-state index contributed by atoms with van der Waals surface area (Å²) in [7, 11) is 0. The number of urea groups is 1. The van der Waals surface area contributed by atoms with E-state index in [-0.39, 0.29) is 11.8 Å². The van der Waals surface area contributed by atoms with E-state index < -0.39 is 0 Å². The largest absolute Gasteiger partial charge is 0.353 e. The summed E-state index contributed by atoms with van der Waals surface area (Å²) in [6.07, 6.45) is 2.93. The average molecular weight is 417 g/mol. The number of nitrogens with zero attached hydrogens (tertiary/aromatic N) is 4. The predicted molar refractivity (Wildman–Crippen MR) is 120 cm³/mol. The number of carbonyl (C=O) groups is 1. The van der Waals surface area contributed by atoms with Crippen LogP contribution in [0.4, 0.5) is 15.0 Å². The first-order valence-electron chi connectivity index (χ1n) is 10.6. The van der Waals surface area contributed by atoms with Gasteiger partial charge in [-0.05, 0) is 48.4 Å². The highest BCUT2D eigenvalue weighted by molar-refractivity contribution is 5.85. The summed E-state index contributed by atoms with van der Waals surface area (Å²) in [6.45, 7) is 3.26. The van der Waals surface area contributed by atoms with Crippen molar-refractivity contribution >= 4 is 28.4 Å². The lowest BCUT2D eigenvalue weighted by atomic mass is 10.2. The van der Waals surface area contributed by atoms with Crippen LogP contribution < -0.4 is 10.2 Å². The Bertz CT molecular complexity index is 1220. The van der Waals surface area contributed by atoms with Crippen molar-refractivity contribution in [2.75, 3.05) is 31.1 Å². The van der Waals surface area contributed by atoms with Crippen LogP contribution in [0.1, 0.15) is 12.0 Å². The number of anilines is 1. The first-order valence-corrected chi connectivity index (χ1v) is 10.6. The van der Waals surface area contributed by atoms with Gasteiger partial charge in [0.1, 0.15) is 5.82 Å². The summed E-state index contributed by atoms with van der Waals surface area (Å²) in [5.74, 6) is 0.680. The molecule has 1 N–H and O–H groups in total. The number of rotatable bonds is 3. The van der Waals surface area contributed by atoms with E-state index in [4.69, 9.17) is 4.98 Å². The molecule has 0 aliphatic carbocycles. The van der Waals surface area contributed by atoms with Gasteiger partial charge < -0.3 is 19.5 Å². The molecule has 0 radical (unpaired) electrons. The Morgan fingerprint density at radius 2 is 1.74 bits per heavy atom. The highest BCUT2D eigenvalue weighted by atomic mass is 19.1. The van der Waals surface area contributed by atoms with Gasteiger partial charge in [-0.2, -0.15) is 0 Å². The molecular weight excluding hydrogens is 393 g/mol. The molecule has 1 aliphatic heterocycles. The van der Waals surface area contributed by atoms with Crippen molar-refractivity contribution in [3.8, 4) is 0 Å². The fraction of sp³-hybridized carbons (Fsp3) is 0.250. The Labute approximate surface area is 179 Å². The molecule has 7 heteroatoms. The molecule has 2 aromatic heterocycles. The van der Waals surface area contributed by atoms with Gasteiger partial charge in [-0.3, -0.25) is 0 Å². The van der Waals surface area contributed by atoms with Gasteiger partial charge in [0.25, 0.3) is 0 Å². The summed E-state index contributed by atoms with van der Waals surface area (Å²) < 4.78 is 15.2. The fourth-order valence-electron chi connectivity index (χ4n) is 4.16. The van der Waals surface area contributed by atoms with Gasteiger partial charge in [-0.25, -0.2) is 14.2 Å². The number of benzene rings is 2. The maximum atomic E-state index is 13.1. The standard InChI is InChI=1S/C24H24FN5O/c25-19-10-8-18(9-11-19)17-26-24(31)29-13-4-12-28(15-16-29)23-22-7-3-14-30(22)21-6-2-1-5-20(21)27-23/h1-3,5-11,14H,4,12-13,15-17H2,(H,26,31).